The zero-order valence-electron chi connectivity index (χ0n) is 9.73. The Kier molecular flexibility index (Phi) is 3.86. The van der Waals surface area contributed by atoms with E-state index >= 15 is 0 Å². The maximum absolute atomic E-state index is 12.3. The number of carboxylic acids is 1. The SMILES string of the molecule is O=C(O)C[C@H]1CCCCN1C(=O)c1[nH]ncc1Cl. The molecule has 0 bridgehead atoms. The molecule has 1 atom stereocenters. The third-order valence-corrected chi connectivity index (χ3v) is 3.39. The lowest BCUT2D eigenvalue weighted by molar-refractivity contribution is -0.138. The van der Waals surface area contributed by atoms with E-state index in [1.54, 1.807) is 4.90 Å². The smallest absolute Gasteiger partial charge is 0.305 e. The number of halogens is 1. The summed E-state index contributed by atoms with van der Waals surface area (Å²) in [6.45, 7) is 0.562. The van der Waals surface area contributed by atoms with Gasteiger partial charge in [0.05, 0.1) is 17.6 Å². The van der Waals surface area contributed by atoms with Gasteiger partial charge in [0.15, 0.2) is 0 Å². The van der Waals surface area contributed by atoms with Crippen molar-refractivity contribution >= 4 is 23.5 Å². The van der Waals surface area contributed by atoms with Crippen LogP contribution >= 0.6 is 11.6 Å². The average Bonchev–Trinajstić information content (AvgIpc) is 2.74. The number of likely N-dealkylation sites (tertiary alicyclic amines) is 1. The van der Waals surface area contributed by atoms with Crippen LogP contribution in [-0.2, 0) is 4.79 Å². The van der Waals surface area contributed by atoms with Gasteiger partial charge in [0, 0.05) is 12.6 Å². The summed E-state index contributed by atoms with van der Waals surface area (Å²) >= 11 is 5.85. The third kappa shape index (κ3) is 2.64. The highest BCUT2D eigenvalue weighted by Gasteiger charge is 2.30. The summed E-state index contributed by atoms with van der Waals surface area (Å²) in [7, 11) is 0. The number of nitrogens with zero attached hydrogens (tertiary/aromatic N) is 2. The van der Waals surface area contributed by atoms with Gasteiger partial charge in [-0.2, -0.15) is 5.10 Å². The molecule has 0 saturated carbocycles. The number of hydrogen-bond donors (Lipinski definition) is 2. The van der Waals surface area contributed by atoms with Crippen LogP contribution in [0.2, 0.25) is 5.02 Å². The van der Waals surface area contributed by atoms with E-state index in [0.29, 0.717) is 13.0 Å². The number of aliphatic carboxylic acids is 1. The van der Waals surface area contributed by atoms with E-state index in [0.717, 1.165) is 12.8 Å². The summed E-state index contributed by atoms with van der Waals surface area (Å²) in [6.07, 6.45) is 3.87. The molecule has 1 fully saturated rings. The fraction of sp³-hybridized carbons (Fsp3) is 0.545. The minimum atomic E-state index is -0.893. The molecule has 1 amide bonds. The van der Waals surface area contributed by atoms with E-state index in [-0.39, 0.29) is 29.1 Å². The van der Waals surface area contributed by atoms with Gasteiger partial charge >= 0.3 is 5.97 Å². The molecule has 2 N–H and O–H groups in total. The molecule has 1 aliphatic rings. The van der Waals surface area contributed by atoms with Crippen LogP contribution in [0.1, 0.15) is 36.2 Å². The van der Waals surface area contributed by atoms with Gasteiger partial charge in [-0.1, -0.05) is 11.6 Å². The molecule has 0 radical (unpaired) electrons. The monoisotopic (exact) mass is 271 g/mol. The molecule has 1 aromatic heterocycles. The third-order valence-electron chi connectivity index (χ3n) is 3.11. The molecular formula is C11H14ClN3O3. The van der Waals surface area contributed by atoms with E-state index in [2.05, 4.69) is 10.2 Å². The van der Waals surface area contributed by atoms with Crippen molar-refractivity contribution in [2.24, 2.45) is 0 Å². The van der Waals surface area contributed by atoms with Crippen molar-refractivity contribution in [2.75, 3.05) is 6.54 Å². The second-order valence-corrected chi connectivity index (χ2v) is 4.75. The molecule has 98 valence electrons. The molecule has 1 saturated heterocycles. The maximum Gasteiger partial charge on any atom is 0.305 e. The second-order valence-electron chi connectivity index (χ2n) is 4.34. The summed E-state index contributed by atoms with van der Waals surface area (Å²) in [4.78, 5) is 24.6. The number of carbonyl (C=O) groups excluding carboxylic acids is 1. The Labute approximate surface area is 109 Å². The van der Waals surface area contributed by atoms with Crippen molar-refractivity contribution in [1.82, 2.24) is 15.1 Å². The van der Waals surface area contributed by atoms with E-state index < -0.39 is 5.97 Å². The Morgan fingerprint density at radius 2 is 2.33 bits per heavy atom. The van der Waals surface area contributed by atoms with Crippen LogP contribution < -0.4 is 0 Å². The van der Waals surface area contributed by atoms with Gasteiger partial charge in [0.1, 0.15) is 5.69 Å². The van der Waals surface area contributed by atoms with Crippen molar-refractivity contribution in [3.8, 4) is 0 Å². The van der Waals surface area contributed by atoms with Crippen LogP contribution in [-0.4, -0.2) is 44.7 Å². The van der Waals surface area contributed by atoms with E-state index in [4.69, 9.17) is 16.7 Å². The zero-order chi connectivity index (χ0) is 13.1. The molecule has 2 rings (SSSR count). The minimum Gasteiger partial charge on any atom is -0.481 e. The topological polar surface area (TPSA) is 86.3 Å². The molecular weight excluding hydrogens is 258 g/mol. The van der Waals surface area contributed by atoms with Gasteiger partial charge in [-0.3, -0.25) is 14.7 Å². The number of carboxylic acid groups (broad SMARTS) is 1. The van der Waals surface area contributed by atoms with Gasteiger partial charge in [0.2, 0.25) is 0 Å². The van der Waals surface area contributed by atoms with Crippen molar-refractivity contribution in [3.63, 3.8) is 0 Å². The second kappa shape index (κ2) is 5.39. The Balaban J connectivity index is 2.16. The Morgan fingerprint density at radius 3 is 2.94 bits per heavy atom. The lowest BCUT2D eigenvalue weighted by Gasteiger charge is -2.34. The highest BCUT2D eigenvalue weighted by molar-refractivity contribution is 6.33. The number of amides is 1. The summed E-state index contributed by atoms with van der Waals surface area (Å²) in [5, 5.41) is 15.4. The van der Waals surface area contributed by atoms with Crippen molar-refractivity contribution < 1.29 is 14.7 Å². The van der Waals surface area contributed by atoms with E-state index in [1.165, 1.54) is 6.20 Å². The molecule has 7 heteroatoms. The fourth-order valence-electron chi connectivity index (χ4n) is 2.25. The molecule has 1 aliphatic heterocycles. The number of hydrogen-bond acceptors (Lipinski definition) is 3. The molecule has 1 aromatic rings. The Hall–Kier alpha value is -1.56. The summed E-state index contributed by atoms with van der Waals surface area (Å²) in [5.74, 6) is -1.17. The van der Waals surface area contributed by atoms with Crippen molar-refractivity contribution in [3.05, 3.63) is 16.9 Å². The van der Waals surface area contributed by atoms with E-state index in [9.17, 15) is 9.59 Å². The molecule has 0 aromatic carbocycles. The van der Waals surface area contributed by atoms with Crippen LogP contribution in [0, 0.1) is 0 Å². The highest BCUT2D eigenvalue weighted by atomic mass is 35.5. The fourth-order valence-corrected chi connectivity index (χ4v) is 2.42. The molecule has 0 spiro atoms. The average molecular weight is 272 g/mol. The highest BCUT2D eigenvalue weighted by Crippen LogP contribution is 2.23. The first kappa shape index (κ1) is 12.9. The summed E-state index contributed by atoms with van der Waals surface area (Å²) in [6, 6.07) is -0.261. The first-order valence-corrected chi connectivity index (χ1v) is 6.19. The van der Waals surface area contributed by atoms with Crippen molar-refractivity contribution in [2.45, 2.75) is 31.7 Å². The lowest BCUT2D eigenvalue weighted by atomic mass is 9.99. The van der Waals surface area contributed by atoms with Crippen molar-refractivity contribution in [1.29, 1.82) is 0 Å². The number of nitrogens with one attached hydrogen (secondary N) is 1. The standard InChI is InChI=1S/C11H14ClN3O3/c12-8-6-13-14-10(8)11(18)15-4-2-1-3-7(15)5-9(16)17/h6-7H,1-5H2,(H,13,14)(H,16,17)/t7-/m1/s1. The zero-order valence-corrected chi connectivity index (χ0v) is 10.5. The summed E-state index contributed by atoms with van der Waals surface area (Å²) in [5.41, 5.74) is 0.231. The lowest BCUT2D eigenvalue weighted by Crippen LogP contribution is -2.45. The molecule has 0 aliphatic carbocycles. The normalized spacial score (nSPS) is 19.8. The largest absolute Gasteiger partial charge is 0.481 e. The van der Waals surface area contributed by atoms with Gasteiger partial charge in [-0.05, 0) is 19.3 Å². The predicted octanol–water partition coefficient (Wildman–Crippen LogP) is 1.53. The number of carbonyl (C=O) groups is 2. The first-order valence-electron chi connectivity index (χ1n) is 5.81. The number of H-pyrrole nitrogens is 1. The van der Waals surface area contributed by atoms with Gasteiger partial charge in [-0.15, -0.1) is 0 Å². The Bertz CT molecular complexity index is 460. The Morgan fingerprint density at radius 1 is 1.56 bits per heavy atom. The number of aromatic amines is 1. The number of aromatic nitrogens is 2. The predicted molar refractivity (Wildman–Crippen MR) is 64.5 cm³/mol. The van der Waals surface area contributed by atoms with Crippen LogP contribution in [0.5, 0.6) is 0 Å². The number of piperidine rings is 1. The molecule has 2 heterocycles. The van der Waals surface area contributed by atoms with Crippen LogP contribution in [0.15, 0.2) is 6.20 Å². The van der Waals surface area contributed by atoms with Gasteiger partial charge < -0.3 is 10.0 Å². The van der Waals surface area contributed by atoms with Crippen LogP contribution in [0.3, 0.4) is 0 Å². The quantitative estimate of drug-likeness (QED) is 0.873. The van der Waals surface area contributed by atoms with Gasteiger partial charge in [-0.25, -0.2) is 0 Å². The van der Waals surface area contributed by atoms with E-state index in [1.807, 2.05) is 0 Å². The first-order chi connectivity index (χ1) is 8.59. The summed E-state index contributed by atoms with van der Waals surface area (Å²) < 4.78 is 0. The molecule has 18 heavy (non-hydrogen) atoms. The van der Waals surface area contributed by atoms with Crippen LogP contribution in [0.4, 0.5) is 0 Å². The molecule has 0 unspecified atom stereocenters. The maximum atomic E-state index is 12.3. The molecule has 6 nitrogen and oxygen atoms in total. The van der Waals surface area contributed by atoms with Crippen LogP contribution in [0.25, 0.3) is 0 Å². The minimum absolute atomic E-state index is 0.0303. The number of rotatable bonds is 3. The van der Waals surface area contributed by atoms with Gasteiger partial charge in [0.25, 0.3) is 5.91 Å².